The van der Waals surface area contributed by atoms with Crippen LogP contribution in [0, 0.1) is 0 Å². The molecule has 1 atom stereocenters. The Hall–Kier alpha value is -3.26. The van der Waals surface area contributed by atoms with E-state index in [1.165, 1.54) is 11.8 Å². The Balaban J connectivity index is 1.30. The highest BCUT2D eigenvalue weighted by atomic mass is 32.2. The van der Waals surface area contributed by atoms with E-state index in [-0.39, 0.29) is 18.3 Å². The number of carboxylic acids is 1. The molecule has 0 fully saturated rings. The van der Waals surface area contributed by atoms with Gasteiger partial charge in [-0.2, -0.15) is 11.8 Å². The number of carbonyl (C=O) groups excluding carboxylic acids is 1. The smallest absolute Gasteiger partial charge is 0.407 e. The fraction of sp³-hybridized carbons (Fsp3) is 0.292. The number of nitrogens with one attached hydrogen (secondary N) is 1. The third kappa shape index (κ3) is 4.80. The van der Waals surface area contributed by atoms with Gasteiger partial charge in [-0.3, -0.25) is 0 Å². The molecule has 1 aliphatic carbocycles. The van der Waals surface area contributed by atoms with E-state index in [1.54, 1.807) is 6.20 Å². The van der Waals surface area contributed by atoms with Gasteiger partial charge in [0, 0.05) is 43.3 Å². The van der Waals surface area contributed by atoms with Gasteiger partial charge >= 0.3 is 12.1 Å². The Morgan fingerprint density at radius 1 is 1.16 bits per heavy atom. The van der Waals surface area contributed by atoms with E-state index in [4.69, 9.17) is 4.74 Å². The van der Waals surface area contributed by atoms with Crippen molar-refractivity contribution in [1.29, 1.82) is 0 Å². The molecule has 0 saturated heterocycles. The predicted octanol–water partition coefficient (Wildman–Crippen LogP) is 3.69. The monoisotopic (exact) mass is 451 g/mol. The van der Waals surface area contributed by atoms with Crippen LogP contribution in [0.25, 0.3) is 11.1 Å². The highest BCUT2D eigenvalue weighted by Crippen LogP contribution is 2.44. The maximum atomic E-state index is 12.4. The number of carbonyl (C=O) groups is 2. The zero-order chi connectivity index (χ0) is 22.5. The van der Waals surface area contributed by atoms with E-state index in [1.807, 2.05) is 54.2 Å². The van der Waals surface area contributed by atoms with Crippen molar-refractivity contribution in [3.63, 3.8) is 0 Å². The molecule has 1 unspecified atom stereocenters. The van der Waals surface area contributed by atoms with Crippen LogP contribution in [0.3, 0.4) is 0 Å². The van der Waals surface area contributed by atoms with Crippen LogP contribution >= 0.6 is 11.8 Å². The number of ether oxygens (including phenoxy) is 1. The van der Waals surface area contributed by atoms with E-state index >= 15 is 0 Å². The minimum Gasteiger partial charge on any atom is -0.480 e. The number of nitrogens with zero attached hydrogens (tertiary/aromatic N) is 2. The van der Waals surface area contributed by atoms with Gasteiger partial charge in [-0.25, -0.2) is 14.6 Å². The van der Waals surface area contributed by atoms with E-state index in [2.05, 4.69) is 22.4 Å². The van der Waals surface area contributed by atoms with Gasteiger partial charge in [0.2, 0.25) is 0 Å². The molecule has 0 radical (unpaired) electrons. The number of aryl methyl sites for hydroxylation is 2. The Labute approximate surface area is 190 Å². The van der Waals surface area contributed by atoms with Gasteiger partial charge in [0.15, 0.2) is 0 Å². The highest BCUT2D eigenvalue weighted by Gasteiger charge is 2.29. The summed E-state index contributed by atoms with van der Waals surface area (Å²) in [5, 5.41) is 12.0. The second kappa shape index (κ2) is 9.91. The van der Waals surface area contributed by atoms with Crippen LogP contribution in [0.15, 0.2) is 60.9 Å². The van der Waals surface area contributed by atoms with Gasteiger partial charge in [0.05, 0.1) is 0 Å². The van der Waals surface area contributed by atoms with Gasteiger partial charge in [0.25, 0.3) is 0 Å². The van der Waals surface area contributed by atoms with Crippen LogP contribution in [-0.4, -0.2) is 50.9 Å². The summed E-state index contributed by atoms with van der Waals surface area (Å²) in [4.78, 5) is 28.2. The SMILES string of the molecule is Cn1ccnc1CCSCC(NC(=O)OCC1c2ccccc2-c2ccccc21)C(=O)O. The largest absolute Gasteiger partial charge is 0.480 e. The molecule has 0 spiro atoms. The first-order valence-electron chi connectivity index (χ1n) is 10.4. The standard InChI is InChI=1S/C24H25N3O4S/c1-27-12-11-25-22(27)10-13-32-15-21(23(28)29)26-24(30)31-14-20-18-8-4-2-6-16(18)17-7-3-5-9-19(17)20/h2-9,11-12,20-21H,10,13-15H2,1H3,(H,26,30)(H,28,29). The first kappa shape index (κ1) is 22.0. The summed E-state index contributed by atoms with van der Waals surface area (Å²) in [7, 11) is 1.92. The molecular formula is C24H25N3O4S. The molecule has 0 bridgehead atoms. The Bertz CT molecular complexity index is 1070. The number of hydrogen-bond donors (Lipinski definition) is 2. The molecule has 0 saturated carbocycles. The number of aromatic nitrogens is 2. The minimum atomic E-state index is -1.08. The van der Waals surface area contributed by atoms with E-state index < -0.39 is 18.1 Å². The van der Waals surface area contributed by atoms with E-state index in [9.17, 15) is 14.7 Å². The van der Waals surface area contributed by atoms with Crippen molar-refractivity contribution in [2.75, 3.05) is 18.1 Å². The highest BCUT2D eigenvalue weighted by molar-refractivity contribution is 7.99. The van der Waals surface area contributed by atoms with Gasteiger partial charge in [0.1, 0.15) is 18.5 Å². The molecule has 8 heteroatoms. The molecule has 1 heterocycles. The molecule has 3 aromatic rings. The van der Waals surface area contributed by atoms with Crippen molar-refractivity contribution in [3.8, 4) is 11.1 Å². The molecule has 4 rings (SSSR count). The maximum Gasteiger partial charge on any atom is 0.407 e. The second-order valence-electron chi connectivity index (χ2n) is 7.64. The van der Waals surface area contributed by atoms with Crippen LogP contribution < -0.4 is 5.32 Å². The number of amides is 1. The van der Waals surface area contributed by atoms with Crippen molar-refractivity contribution in [1.82, 2.24) is 14.9 Å². The lowest BCUT2D eigenvalue weighted by molar-refractivity contribution is -0.138. The van der Waals surface area contributed by atoms with Gasteiger partial charge < -0.3 is 19.7 Å². The molecule has 166 valence electrons. The molecule has 1 aromatic heterocycles. The summed E-state index contributed by atoms with van der Waals surface area (Å²) >= 11 is 1.46. The number of rotatable bonds is 9. The van der Waals surface area contributed by atoms with E-state index in [0.29, 0.717) is 5.75 Å². The van der Waals surface area contributed by atoms with Gasteiger partial charge in [-0.1, -0.05) is 48.5 Å². The number of imidazole rings is 1. The van der Waals surface area contributed by atoms with Crippen molar-refractivity contribution in [3.05, 3.63) is 77.9 Å². The first-order valence-corrected chi connectivity index (χ1v) is 11.6. The number of aliphatic carboxylic acids is 1. The summed E-state index contributed by atoms with van der Waals surface area (Å²) in [6.45, 7) is 0.151. The topological polar surface area (TPSA) is 93.5 Å². The zero-order valence-electron chi connectivity index (χ0n) is 17.7. The average Bonchev–Trinajstić information content (AvgIpc) is 3.35. The Kier molecular flexibility index (Phi) is 6.80. The average molecular weight is 452 g/mol. The number of alkyl carbamates (subject to hydrolysis) is 1. The number of carboxylic acid groups (broad SMARTS) is 1. The molecular weight excluding hydrogens is 426 g/mol. The molecule has 32 heavy (non-hydrogen) atoms. The zero-order valence-corrected chi connectivity index (χ0v) is 18.5. The summed E-state index contributed by atoms with van der Waals surface area (Å²) in [6.07, 6.45) is 3.62. The lowest BCUT2D eigenvalue weighted by Gasteiger charge is -2.17. The molecule has 7 nitrogen and oxygen atoms in total. The van der Waals surface area contributed by atoms with Gasteiger partial charge in [-0.15, -0.1) is 0 Å². The fourth-order valence-corrected chi connectivity index (χ4v) is 4.91. The summed E-state index contributed by atoms with van der Waals surface area (Å²) in [5.41, 5.74) is 4.51. The Morgan fingerprint density at radius 3 is 2.41 bits per heavy atom. The third-order valence-electron chi connectivity index (χ3n) is 5.61. The predicted molar refractivity (Wildman–Crippen MR) is 124 cm³/mol. The van der Waals surface area contributed by atoms with Crippen LogP contribution in [0.1, 0.15) is 22.9 Å². The quantitative estimate of drug-likeness (QED) is 0.482. The normalized spacial score (nSPS) is 13.3. The number of thioether (sulfide) groups is 1. The third-order valence-corrected chi connectivity index (χ3v) is 6.67. The number of benzene rings is 2. The fourth-order valence-electron chi connectivity index (χ4n) is 3.96. The molecule has 0 aliphatic heterocycles. The first-order chi connectivity index (χ1) is 15.5. The molecule has 1 aliphatic rings. The van der Waals surface area contributed by atoms with Gasteiger partial charge in [-0.05, 0) is 22.3 Å². The summed E-state index contributed by atoms with van der Waals surface area (Å²) in [5.74, 6) is 0.755. The molecule has 1 amide bonds. The number of hydrogen-bond acceptors (Lipinski definition) is 5. The van der Waals surface area contributed by atoms with Crippen LogP contribution in [0.5, 0.6) is 0 Å². The molecule has 2 aromatic carbocycles. The van der Waals surface area contributed by atoms with Crippen molar-refractivity contribution >= 4 is 23.8 Å². The van der Waals surface area contributed by atoms with E-state index in [0.717, 1.165) is 34.5 Å². The summed E-state index contributed by atoms with van der Waals surface area (Å²) in [6, 6.07) is 15.1. The van der Waals surface area contributed by atoms with Crippen molar-refractivity contribution < 1.29 is 19.4 Å². The maximum absolute atomic E-state index is 12.4. The van der Waals surface area contributed by atoms with Crippen molar-refractivity contribution in [2.24, 2.45) is 7.05 Å². The number of fused-ring (bicyclic) bond motifs is 3. The van der Waals surface area contributed by atoms with Crippen LogP contribution in [0.2, 0.25) is 0 Å². The lowest BCUT2D eigenvalue weighted by atomic mass is 9.98. The lowest BCUT2D eigenvalue weighted by Crippen LogP contribution is -2.43. The van der Waals surface area contributed by atoms with Crippen molar-refractivity contribution in [2.45, 2.75) is 18.4 Å². The second-order valence-corrected chi connectivity index (χ2v) is 8.79. The van der Waals surface area contributed by atoms with Crippen LogP contribution in [-0.2, 0) is 23.0 Å². The molecule has 2 N–H and O–H groups in total. The van der Waals surface area contributed by atoms with Crippen LogP contribution in [0.4, 0.5) is 4.79 Å². The summed E-state index contributed by atoms with van der Waals surface area (Å²) < 4.78 is 7.40. The minimum absolute atomic E-state index is 0.0661. The Morgan fingerprint density at radius 2 is 1.81 bits per heavy atom.